The Kier molecular flexibility index (Phi) is 6.29. The van der Waals surface area contributed by atoms with Gasteiger partial charge in [0.25, 0.3) is 5.91 Å². The van der Waals surface area contributed by atoms with Crippen LogP contribution in [0.5, 0.6) is 0 Å². The fraction of sp³-hybridized carbons (Fsp3) is 0.278. The van der Waals surface area contributed by atoms with Crippen LogP contribution >= 0.6 is 0 Å². The van der Waals surface area contributed by atoms with E-state index in [9.17, 15) is 4.79 Å². The SMILES string of the molecule is CN(C)CCCNc1cncc(C(=O)Nc2ccccc2C#N)c1. The second-order valence-electron chi connectivity index (χ2n) is 5.66. The average molecular weight is 323 g/mol. The lowest BCUT2D eigenvalue weighted by atomic mass is 10.2. The predicted octanol–water partition coefficient (Wildman–Crippen LogP) is 2.57. The van der Waals surface area contributed by atoms with Gasteiger partial charge in [-0.05, 0) is 45.3 Å². The molecule has 24 heavy (non-hydrogen) atoms. The molecule has 0 fully saturated rings. The molecule has 6 heteroatoms. The summed E-state index contributed by atoms with van der Waals surface area (Å²) >= 11 is 0. The van der Waals surface area contributed by atoms with Gasteiger partial charge >= 0.3 is 0 Å². The molecule has 0 atom stereocenters. The van der Waals surface area contributed by atoms with Crippen molar-refractivity contribution in [2.24, 2.45) is 0 Å². The van der Waals surface area contributed by atoms with E-state index in [0.29, 0.717) is 16.8 Å². The van der Waals surface area contributed by atoms with E-state index in [-0.39, 0.29) is 5.91 Å². The third-order valence-electron chi connectivity index (χ3n) is 3.41. The highest BCUT2D eigenvalue weighted by Crippen LogP contribution is 2.16. The van der Waals surface area contributed by atoms with Crippen LogP contribution in [-0.2, 0) is 0 Å². The number of nitriles is 1. The second kappa shape index (κ2) is 8.65. The molecule has 1 aromatic heterocycles. The van der Waals surface area contributed by atoms with E-state index in [1.807, 2.05) is 14.1 Å². The molecular weight excluding hydrogens is 302 g/mol. The Morgan fingerprint density at radius 1 is 1.29 bits per heavy atom. The molecule has 0 unspecified atom stereocenters. The maximum Gasteiger partial charge on any atom is 0.257 e. The predicted molar refractivity (Wildman–Crippen MR) is 95.0 cm³/mol. The summed E-state index contributed by atoms with van der Waals surface area (Å²) in [5, 5.41) is 15.1. The lowest BCUT2D eigenvalue weighted by molar-refractivity contribution is 0.102. The molecule has 0 spiro atoms. The fourth-order valence-electron chi connectivity index (χ4n) is 2.17. The number of hydrogen-bond donors (Lipinski definition) is 2. The topological polar surface area (TPSA) is 81.1 Å². The summed E-state index contributed by atoms with van der Waals surface area (Å²) in [7, 11) is 4.07. The van der Waals surface area contributed by atoms with Crippen molar-refractivity contribution < 1.29 is 4.79 Å². The van der Waals surface area contributed by atoms with Gasteiger partial charge in [0, 0.05) is 18.9 Å². The Morgan fingerprint density at radius 3 is 2.83 bits per heavy atom. The first-order valence-corrected chi connectivity index (χ1v) is 7.74. The number of benzene rings is 1. The molecule has 0 aliphatic heterocycles. The van der Waals surface area contributed by atoms with E-state index in [1.165, 1.54) is 6.20 Å². The summed E-state index contributed by atoms with van der Waals surface area (Å²) in [6.45, 7) is 1.80. The van der Waals surface area contributed by atoms with Gasteiger partial charge < -0.3 is 15.5 Å². The molecule has 0 bridgehead atoms. The van der Waals surface area contributed by atoms with Gasteiger partial charge in [-0.15, -0.1) is 0 Å². The van der Waals surface area contributed by atoms with E-state index in [2.05, 4.69) is 26.6 Å². The molecule has 6 nitrogen and oxygen atoms in total. The maximum atomic E-state index is 12.4. The number of anilines is 2. The minimum absolute atomic E-state index is 0.290. The Bertz CT molecular complexity index is 736. The molecule has 0 saturated heterocycles. The second-order valence-corrected chi connectivity index (χ2v) is 5.66. The molecular formula is C18H21N5O. The number of carbonyl (C=O) groups excluding carboxylic acids is 1. The number of para-hydroxylation sites is 1. The highest BCUT2D eigenvalue weighted by atomic mass is 16.1. The molecule has 0 aliphatic rings. The van der Waals surface area contributed by atoms with Crippen molar-refractivity contribution in [3.8, 4) is 6.07 Å². The van der Waals surface area contributed by atoms with E-state index in [1.54, 1.807) is 36.5 Å². The first kappa shape index (κ1) is 17.4. The number of pyridine rings is 1. The molecule has 0 radical (unpaired) electrons. The highest BCUT2D eigenvalue weighted by Gasteiger charge is 2.10. The normalized spacial score (nSPS) is 10.2. The van der Waals surface area contributed by atoms with Crippen LogP contribution in [0.4, 0.5) is 11.4 Å². The largest absolute Gasteiger partial charge is 0.384 e. The van der Waals surface area contributed by atoms with Crippen LogP contribution in [0, 0.1) is 11.3 Å². The van der Waals surface area contributed by atoms with Crippen molar-refractivity contribution in [3.63, 3.8) is 0 Å². The molecule has 124 valence electrons. The van der Waals surface area contributed by atoms with Gasteiger partial charge in [-0.3, -0.25) is 9.78 Å². The van der Waals surface area contributed by atoms with Gasteiger partial charge in [-0.2, -0.15) is 5.26 Å². The summed E-state index contributed by atoms with van der Waals surface area (Å²) in [4.78, 5) is 18.6. The quantitative estimate of drug-likeness (QED) is 0.765. The number of hydrogen-bond acceptors (Lipinski definition) is 5. The zero-order chi connectivity index (χ0) is 17.4. The molecule has 1 heterocycles. The van der Waals surface area contributed by atoms with Crippen molar-refractivity contribution >= 4 is 17.3 Å². The van der Waals surface area contributed by atoms with Crippen LogP contribution < -0.4 is 10.6 Å². The lowest BCUT2D eigenvalue weighted by Gasteiger charge is -2.11. The van der Waals surface area contributed by atoms with Crippen molar-refractivity contribution in [2.75, 3.05) is 37.8 Å². The number of amides is 1. The number of nitrogens with zero attached hydrogens (tertiary/aromatic N) is 3. The van der Waals surface area contributed by atoms with Crippen molar-refractivity contribution in [3.05, 3.63) is 53.9 Å². The number of carbonyl (C=O) groups is 1. The average Bonchev–Trinajstić information content (AvgIpc) is 2.59. The number of aromatic nitrogens is 1. The highest BCUT2D eigenvalue weighted by molar-refractivity contribution is 6.05. The molecule has 1 aromatic carbocycles. The summed E-state index contributed by atoms with van der Waals surface area (Å²) in [6.07, 6.45) is 4.20. The van der Waals surface area contributed by atoms with Crippen LogP contribution in [0.25, 0.3) is 0 Å². The third kappa shape index (κ3) is 5.07. The van der Waals surface area contributed by atoms with Gasteiger partial charge in [0.2, 0.25) is 0 Å². The Hall–Kier alpha value is -2.91. The van der Waals surface area contributed by atoms with Gasteiger partial charge in [0.05, 0.1) is 22.5 Å². The van der Waals surface area contributed by atoms with Gasteiger partial charge in [0.1, 0.15) is 6.07 Å². The molecule has 0 saturated carbocycles. The first-order chi connectivity index (χ1) is 11.6. The smallest absolute Gasteiger partial charge is 0.257 e. The van der Waals surface area contributed by atoms with E-state index >= 15 is 0 Å². The molecule has 2 N–H and O–H groups in total. The third-order valence-corrected chi connectivity index (χ3v) is 3.41. The molecule has 2 aromatic rings. The Balaban J connectivity index is 2.00. The van der Waals surface area contributed by atoms with Gasteiger partial charge in [-0.25, -0.2) is 0 Å². The van der Waals surface area contributed by atoms with E-state index < -0.39 is 0 Å². The minimum atomic E-state index is -0.290. The van der Waals surface area contributed by atoms with Crippen molar-refractivity contribution in [1.29, 1.82) is 5.26 Å². The van der Waals surface area contributed by atoms with E-state index in [0.717, 1.165) is 25.2 Å². The monoisotopic (exact) mass is 323 g/mol. The number of rotatable bonds is 7. The fourth-order valence-corrected chi connectivity index (χ4v) is 2.17. The van der Waals surface area contributed by atoms with Crippen LogP contribution in [0.1, 0.15) is 22.3 Å². The Morgan fingerprint density at radius 2 is 2.08 bits per heavy atom. The number of nitrogens with one attached hydrogen (secondary N) is 2. The standard InChI is InChI=1S/C18H21N5O/c1-23(2)9-5-8-21-16-10-15(12-20-13-16)18(24)22-17-7-4-3-6-14(17)11-19/h3-4,6-7,10,12-13,21H,5,8-9H2,1-2H3,(H,22,24). The van der Waals surface area contributed by atoms with Crippen LogP contribution in [0.2, 0.25) is 0 Å². The van der Waals surface area contributed by atoms with Crippen molar-refractivity contribution in [2.45, 2.75) is 6.42 Å². The molecule has 1 amide bonds. The summed E-state index contributed by atoms with van der Waals surface area (Å²) < 4.78 is 0. The van der Waals surface area contributed by atoms with Crippen LogP contribution in [-0.4, -0.2) is 43.0 Å². The lowest BCUT2D eigenvalue weighted by Crippen LogP contribution is -2.17. The summed E-state index contributed by atoms with van der Waals surface area (Å²) in [5.41, 5.74) is 2.17. The summed E-state index contributed by atoms with van der Waals surface area (Å²) in [6, 6.07) is 10.7. The van der Waals surface area contributed by atoms with Gasteiger partial charge in [0.15, 0.2) is 0 Å². The minimum Gasteiger partial charge on any atom is -0.384 e. The zero-order valence-corrected chi connectivity index (χ0v) is 13.9. The van der Waals surface area contributed by atoms with Crippen LogP contribution in [0.15, 0.2) is 42.7 Å². The van der Waals surface area contributed by atoms with Crippen molar-refractivity contribution in [1.82, 2.24) is 9.88 Å². The van der Waals surface area contributed by atoms with Crippen LogP contribution in [0.3, 0.4) is 0 Å². The van der Waals surface area contributed by atoms with E-state index in [4.69, 9.17) is 5.26 Å². The summed E-state index contributed by atoms with van der Waals surface area (Å²) in [5.74, 6) is -0.290. The Labute approximate surface area is 142 Å². The van der Waals surface area contributed by atoms with Gasteiger partial charge in [-0.1, -0.05) is 12.1 Å². The molecule has 2 rings (SSSR count). The molecule has 0 aliphatic carbocycles. The maximum absolute atomic E-state index is 12.4. The first-order valence-electron chi connectivity index (χ1n) is 7.74. The zero-order valence-electron chi connectivity index (χ0n) is 13.9.